The van der Waals surface area contributed by atoms with Crippen molar-refractivity contribution in [3.8, 4) is 0 Å². The van der Waals surface area contributed by atoms with E-state index in [0.29, 0.717) is 11.1 Å². The number of nitrogens with zero attached hydrogens (tertiary/aromatic N) is 3. The molecule has 7 heteroatoms. The third-order valence-corrected chi connectivity index (χ3v) is 4.35. The first kappa shape index (κ1) is 19.3. The highest BCUT2D eigenvalue weighted by atomic mass is 16.2. The van der Waals surface area contributed by atoms with Crippen molar-refractivity contribution in [2.24, 2.45) is 0 Å². The van der Waals surface area contributed by atoms with E-state index in [1.807, 2.05) is 58.0 Å². The summed E-state index contributed by atoms with van der Waals surface area (Å²) in [5, 5.41) is 9.83. The maximum atomic E-state index is 12.6. The van der Waals surface area contributed by atoms with E-state index in [4.69, 9.17) is 0 Å². The molecule has 0 unspecified atom stereocenters. The lowest BCUT2D eigenvalue weighted by atomic mass is 10.1. The monoisotopic (exact) mass is 377 g/mol. The number of aromatic nitrogens is 3. The van der Waals surface area contributed by atoms with Gasteiger partial charge in [-0.05, 0) is 51.0 Å². The van der Waals surface area contributed by atoms with Crippen LogP contribution in [0.4, 0.5) is 11.9 Å². The number of hydrogen-bond acceptors (Lipinski definition) is 4. The molecular weight excluding hydrogens is 354 g/mol. The fourth-order valence-electron chi connectivity index (χ4n) is 2.81. The van der Waals surface area contributed by atoms with Crippen molar-refractivity contribution in [1.29, 1.82) is 0 Å². The lowest BCUT2D eigenvalue weighted by molar-refractivity contribution is 0.101. The second-order valence-corrected chi connectivity index (χ2v) is 6.84. The van der Waals surface area contributed by atoms with Gasteiger partial charge in [-0.15, -0.1) is 5.10 Å². The van der Waals surface area contributed by atoms with Gasteiger partial charge in [0.25, 0.3) is 17.8 Å². The highest BCUT2D eigenvalue weighted by molar-refractivity contribution is 6.05. The van der Waals surface area contributed by atoms with Crippen LogP contribution in [0.25, 0.3) is 0 Å². The van der Waals surface area contributed by atoms with E-state index >= 15 is 0 Å². The van der Waals surface area contributed by atoms with E-state index in [9.17, 15) is 9.59 Å². The summed E-state index contributed by atoms with van der Waals surface area (Å²) in [5.41, 5.74) is 2.83. The lowest BCUT2D eigenvalue weighted by Crippen LogP contribution is -2.18. The van der Waals surface area contributed by atoms with Crippen molar-refractivity contribution >= 4 is 23.7 Å². The van der Waals surface area contributed by atoms with Gasteiger partial charge in [0, 0.05) is 11.1 Å². The van der Waals surface area contributed by atoms with Crippen LogP contribution in [0, 0.1) is 13.8 Å². The molecule has 3 aromatic rings. The minimum absolute atomic E-state index is 0.0521. The summed E-state index contributed by atoms with van der Waals surface area (Å²) in [7, 11) is 0. The van der Waals surface area contributed by atoms with Gasteiger partial charge in [0.05, 0.1) is 6.04 Å². The Kier molecular flexibility index (Phi) is 5.54. The Morgan fingerprint density at radius 2 is 1.36 bits per heavy atom. The second kappa shape index (κ2) is 8.04. The number of amides is 2. The number of benzene rings is 2. The lowest BCUT2D eigenvalue weighted by Gasteiger charge is -2.10. The van der Waals surface area contributed by atoms with Crippen LogP contribution in [0.2, 0.25) is 0 Å². The second-order valence-electron chi connectivity index (χ2n) is 6.84. The molecule has 2 N–H and O–H groups in total. The third-order valence-electron chi connectivity index (χ3n) is 4.35. The third kappa shape index (κ3) is 4.09. The van der Waals surface area contributed by atoms with E-state index in [1.165, 1.54) is 0 Å². The minimum atomic E-state index is -0.296. The van der Waals surface area contributed by atoms with Crippen molar-refractivity contribution in [2.45, 2.75) is 33.7 Å². The summed E-state index contributed by atoms with van der Waals surface area (Å²) in [4.78, 5) is 29.5. The fourth-order valence-corrected chi connectivity index (χ4v) is 2.81. The van der Waals surface area contributed by atoms with E-state index < -0.39 is 0 Å². The predicted octanol–water partition coefficient (Wildman–Crippen LogP) is 3.98. The molecule has 7 nitrogen and oxygen atoms in total. The topological polar surface area (TPSA) is 88.9 Å². The summed E-state index contributed by atoms with van der Waals surface area (Å²) >= 11 is 0. The molecule has 0 spiro atoms. The Bertz CT molecular complexity index is 1020. The molecule has 0 aliphatic heterocycles. The van der Waals surface area contributed by atoms with Crippen LogP contribution in [-0.4, -0.2) is 26.6 Å². The van der Waals surface area contributed by atoms with E-state index in [0.717, 1.165) is 11.1 Å². The van der Waals surface area contributed by atoms with Gasteiger partial charge in [0.1, 0.15) is 0 Å². The maximum absolute atomic E-state index is 12.6. The molecule has 144 valence electrons. The molecule has 0 radical (unpaired) electrons. The number of carbonyl (C=O) groups excluding carboxylic acids is 2. The zero-order valence-corrected chi connectivity index (χ0v) is 16.4. The summed E-state index contributed by atoms with van der Waals surface area (Å²) in [6.07, 6.45) is 0. The average molecular weight is 377 g/mol. The first-order valence-corrected chi connectivity index (χ1v) is 9.07. The van der Waals surface area contributed by atoms with Gasteiger partial charge in [0.2, 0.25) is 5.95 Å². The predicted molar refractivity (Wildman–Crippen MR) is 109 cm³/mol. The van der Waals surface area contributed by atoms with E-state index in [2.05, 4.69) is 20.7 Å². The van der Waals surface area contributed by atoms with Crippen LogP contribution in [0.15, 0.2) is 48.5 Å². The summed E-state index contributed by atoms with van der Waals surface area (Å²) in [6.45, 7) is 7.58. The Balaban J connectivity index is 1.84. The standard InChI is InChI=1S/C21H23N5O2/c1-13(2)26-21(23-19(28)17-12-8-6-10-15(17)4)24-20(25-26)22-18(27)16-11-7-5-9-14(16)3/h5-13H,1-4H3,(H2,22,23,24,25,27,28). The highest BCUT2D eigenvalue weighted by Gasteiger charge is 2.19. The van der Waals surface area contributed by atoms with Gasteiger partial charge in [-0.2, -0.15) is 4.98 Å². The van der Waals surface area contributed by atoms with Crippen LogP contribution in [0.5, 0.6) is 0 Å². The van der Waals surface area contributed by atoms with E-state index in [-0.39, 0.29) is 29.8 Å². The zero-order chi connectivity index (χ0) is 20.3. The largest absolute Gasteiger partial charge is 0.291 e. The van der Waals surface area contributed by atoms with Gasteiger partial charge in [0.15, 0.2) is 0 Å². The van der Waals surface area contributed by atoms with Crippen molar-refractivity contribution in [1.82, 2.24) is 14.8 Å². The Morgan fingerprint density at radius 3 is 1.86 bits per heavy atom. The number of rotatable bonds is 5. The Hall–Kier alpha value is -3.48. The summed E-state index contributed by atoms with van der Waals surface area (Å²) in [5.74, 6) is -0.148. The summed E-state index contributed by atoms with van der Waals surface area (Å²) in [6, 6.07) is 14.5. The van der Waals surface area contributed by atoms with Crippen LogP contribution >= 0.6 is 0 Å². The number of carbonyl (C=O) groups is 2. The quantitative estimate of drug-likeness (QED) is 0.704. The number of nitrogens with one attached hydrogen (secondary N) is 2. The van der Waals surface area contributed by atoms with Gasteiger partial charge in [-0.25, -0.2) is 4.68 Å². The van der Waals surface area contributed by atoms with Gasteiger partial charge >= 0.3 is 0 Å². The van der Waals surface area contributed by atoms with Crippen LogP contribution in [0.3, 0.4) is 0 Å². The normalized spacial score (nSPS) is 10.8. The first-order chi connectivity index (χ1) is 13.4. The molecule has 0 saturated carbocycles. The zero-order valence-electron chi connectivity index (χ0n) is 16.4. The van der Waals surface area contributed by atoms with Gasteiger partial charge < -0.3 is 0 Å². The van der Waals surface area contributed by atoms with Crippen LogP contribution in [-0.2, 0) is 0 Å². The minimum Gasteiger partial charge on any atom is -0.291 e. The molecule has 1 aromatic heterocycles. The SMILES string of the molecule is Cc1ccccc1C(=O)Nc1nc(NC(=O)c2ccccc2C)n(C(C)C)n1. The number of aryl methyl sites for hydroxylation is 2. The molecule has 0 aliphatic rings. The van der Waals surface area contributed by atoms with Crippen molar-refractivity contribution < 1.29 is 9.59 Å². The molecule has 3 rings (SSSR count). The van der Waals surface area contributed by atoms with Crippen molar-refractivity contribution in [2.75, 3.05) is 10.6 Å². The van der Waals surface area contributed by atoms with E-state index in [1.54, 1.807) is 22.9 Å². The number of hydrogen-bond donors (Lipinski definition) is 2. The average Bonchev–Trinajstić information content (AvgIpc) is 3.04. The smallest absolute Gasteiger partial charge is 0.258 e. The molecule has 0 aliphatic carbocycles. The van der Waals surface area contributed by atoms with Gasteiger partial charge in [-0.3, -0.25) is 20.2 Å². The first-order valence-electron chi connectivity index (χ1n) is 9.07. The maximum Gasteiger partial charge on any atom is 0.258 e. The Morgan fingerprint density at radius 1 is 0.857 bits per heavy atom. The number of anilines is 2. The van der Waals surface area contributed by atoms with Crippen LogP contribution in [0.1, 0.15) is 51.7 Å². The molecule has 0 bridgehead atoms. The molecule has 0 fully saturated rings. The molecule has 2 amide bonds. The van der Waals surface area contributed by atoms with Crippen LogP contribution < -0.4 is 10.6 Å². The molecule has 0 saturated heterocycles. The fraction of sp³-hybridized carbons (Fsp3) is 0.238. The van der Waals surface area contributed by atoms with Gasteiger partial charge in [-0.1, -0.05) is 36.4 Å². The summed E-state index contributed by atoms with van der Waals surface area (Å²) < 4.78 is 1.57. The molecule has 2 aromatic carbocycles. The molecule has 28 heavy (non-hydrogen) atoms. The van der Waals surface area contributed by atoms with Crippen molar-refractivity contribution in [3.05, 3.63) is 70.8 Å². The Labute approximate surface area is 163 Å². The molecule has 0 atom stereocenters. The molecule has 1 heterocycles. The van der Waals surface area contributed by atoms with Crippen molar-refractivity contribution in [3.63, 3.8) is 0 Å². The molecular formula is C21H23N5O2. The highest BCUT2D eigenvalue weighted by Crippen LogP contribution is 2.18.